The third-order valence-corrected chi connectivity index (χ3v) is 3.49. The van der Waals surface area contributed by atoms with Gasteiger partial charge in [0.2, 0.25) is 0 Å². The van der Waals surface area contributed by atoms with E-state index in [-0.39, 0.29) is 0 Å². The van der Waals surface area contributed by atoms with E-state index in [0.717, 1.165) is 30.2 Å². The van der Waals surface area contributed by atoms with Crippen molar-refractivity contribution >= 4 is 11.6 Å². The smallest absolute Gasteiger partial charge is 0.122 e. The van der Waals surface area contributed by atoms with Crippen LogP contribution in [0, 0.1) is 5.92 Å². The molecule has 1 aromatic carbocycles. The molecule has 19 heavy (non-hydrogen) atoms. The van der Waals surface area contributed by atoms with Gasteiger partial charge in [-0.1, -0.05) is 32.4 Å². The molecular weight excluding hydrogens is 258 g/mol. The molecule has 0 radical (unpaired) electrons. The molecule has 0 fully saturated rings. The maximum Gasteiger partial charge on any atom is 0.122 e. The molecule has 1 unspecified atom stereocenters. The van der Waals surface area contributed by atoms with Crippen molar-refractivity contribution in [2.45, 2.75) is 46.1 Å². The monoisotopic (exact) mass is 283 g/mol. The number of hydrogen-bond donors (Lipinski definition) is 1. The van der Waals surface area contributed by atoms with E-state index in [0.29, 0.717) is 12.0 Å². The van der Waals surface area contributed by atoms with Crippen molar-refractivity contribution in [3.63, 3.8) is 0 Å². The summed E-state index contributed by atoms with van der Waals surface area (Å²) in [5.74, 6) is 1.65. The molecule has 1 N–H and O–H groups in total. The van der Waals surface area contributed by atoms with Crippen LogP contribution in [0.1, 0.15) is 39.2 Å². The van der Waals surface area contributed by atoms with Crippen LogP contribution >= 0.6 is 11.6 Å². The Hall–Kier alpha value is -0.730. The van der Waals surface area contributed by atoms with Crippen molar-refractivity contribution in [2.24, 2.45) is 5.92 Å². The minimum atomic E-state index is 0.564. The minimum Gasteiger partial charge on any atom is -0.496 e. The molecule has 3 heteroatoms. The van der Waals surface area contributed by atoms with Gasteiger partial charge in [0, 0.05) is 11.1 Å². The number of rotatable bonds is 8. The van der Waals surface area contributed by atoms with Crippen LogP contribution in [-0.2, 0) is 6.42 Å². The van der Waals surface area contributed by atoms with E-state index in [4.69, 9.17) is 16.3 Å². The number of benzene rings is 1. The second kappa shape index (κ2) is 8.44. The average molecular weight is 284 g/mol. The van der Waals surface area contributed by atoms with Crippen LogP contribution in [0.4, 0.5) is 0 Å². The minimum absolute atomic E-state index is 0.564. The molecule has 0 aliphatic heterocycles. The number of hydrogen-bond acceptors (Lipinski definition) is 2. The van der Waals surface area contributed by atoms with Gasteiger partial charge in [-0.2, -0.15) is 0 Å². The van der Waals surface area contributed by atoms with Gasteiger partial charge in [-0.25, -0.2) is 0 Å². The zero-order valence-corrected chi connectivity index (χ0v) is 13.3. The molecule has 0 saturated carbocycles. The van der Waals surface area contributed by atoms with Crippen LogP contribution in [0.5, 0.6) is 5.75 Å². The van der Waals surface area contributed by atoms with Gasteiger partial charge in [-0.15, -0.1) is 0 Å². The third kappa shape index (κ3) is 5.84. The average Bonchev–Trinajstić information content (AvgIpc) is 2.36. The molecule has 0 amide bonds. The summed E-state index contributed by atoms with van der Waals surface area (Å²) in [5.41, 5.74) is 1.20. The third-order valence-electron chi connectivity index (χ3n) is 3.25. The van der Waals surface area contributed by atoms with Crippen molar-refractivity contribution in [3.8, 4) is 5.75 Å². The Labute approximate surface area is 122 Å². The van der Waals surface area contributed by atoms with Gasteiger partial charge < -0.3 is 10.1 Å². The summed E-state index contributed by atoms with van der Waals surface area (Å²) in [5, 5.41) is 4.34. The van der Waals surface area contributed by atoms with Gasteiger partial charge in [-0.05, 0) is 55.5 Å². The lowest BCUT2D eigenvalue weighted by Crippen LogP contribution is -2.30. The largest absolute Gasteiger partial charge is 0.496 e. The van der Waals surface area contributed by atoms with Crippen molar-refractivity contribution in [2.75, 3.05) is 13.7 Å². The number of methoxy groups -OCH3 is 1. The highest BCUT2D eigenvalue weighted by atomic mass is 35.5. The van der Waals surface area contributed by atoms with Gasteiger partial charge in [0.1, 0.15) is 5.75 Å². The van der Waals surface area contributed by atoms with E-state index < -0.39 is 0 Å². The number of ether oxygens (including phenoxy) is 1. The normalized spacial score (nSPS) is 12.7. The van der Waals surface area contributed by atoms with Crippen LogP contribution < -0.4 is 10.1 Å². The van der Waals surface area contributed by atoms with Crippen molar-refractivity contribution in [1.82, 2.24) is 5.32 Å². The van der Waals surface area contributed by atoms with Crippen molar-refractivity contribution in [3.05, 3.63) is 28.8 Å². The highest BCUT2D eigenvalue weighted by molar-refractivity contribution is 6.30. The summed E-state index contributed by atoms with van der Waals surface area (Å²) < 4.78 is 5.39. The Bertz CT molecular complexity index is 379. The van der Waals surface area contributed by atoms with Crippen LogP contribution in [0.15, 0.2) is 18.2 Å². The predicted molar refractivity (Wildman–Crippen MR) is 83.2 cm³/mol. The predicted octanol–water partition coefficient (Wildman–Crippen LogP) is 4.31. The number of halogens is 1. The maximum absolute atomic E-state index is 6.06. The zero-order chi connectivity index (χ0) is 14.3. The van der Waals surface area contributed by atoms with E-state index in [1.165, 1.54) is 12.0 Å². The van der Waals surface area contributed by atoms with Gasteiger partial charge in [0.05, 0.1) is 7.11 Å². The van der Waals surface area contributed by atoms with Crippen LogP contribution in [0.2, 0.25) is 5.02 Å². The Morgan fingerprint density at radius 3 is 2.63 bits per heavy atom. The fourth-order valence-electron chi connectivity index (χ4n) is 2.43. The number of nitrogens with one attached hydrogen (secondary N) is 1. The first-order valence-corrected chi connectivity index (χ1v) is 7.50. The van der Waals surface area contributed by atoms with Gasteiger partial charge >= 0.3 is 0 Å². The van der Waals surface area contributed by atoms with Crippen LogP contribution in [0.25, 0.3) is 0 Å². The molecule has 1 aromatic rings. The molecule has 108 valence electrons. The standard InChI is InChI=1S/C16H26ClNO/c1-5-18-15(10-12(2)3)8-6-13-11-14(17)7-9-16(13)19-4/h7,9,11-12,15,18H,5-6,8,10H2,1-4H3. The molecule has 2 nitrogen and oxygen atoms in total. The van der Waals surface area contributed by atoms with E-state index in [1.807, 2.05) is 18.2 Å². The highest BCUT2D eigenvalue weighted by Crippen LogP contribution is 2.24. The second-order valence-corrected chi connectivity index (χ2v) is 5.82. The number of aryl methyl sites for hydroxylation is 1. The summed E-state index contributed by atoms with van der Waals surface area (Å²) >= 11 is 6.06. The van der Waals surface area contributed by atoms with Gasteiger partial charge in [0.25, 0.3) is 0 Å². The quantitative estimate of drug-likeness (QED) is 0.768. The molecule has 0 aromatic heterocycles. The lowest BCUT2D eigenvalue weighted by Gasteiger charge is -2.20. The Kier molecular flexibility index (Phi) is 7.25. The molecule has 0 bridgehead atoms. The summed E-state index contributed by atoms with van der Waals surface area (Å²) in [6.45, 7) is 7.71. The summed E-state index contributed by atoms with van der Waals surface area (Å²) in [6, 6.07) is 6.40. The Morgan fingerprint density at radius 2 is 2.05 bits per heavy atom. The molecule has 0 heterocycles. The summed E-state index contributed by atoms with van der Waals surface area (Å²) in [4.78, 5) is 0. The first-order chi connectivity index (χ1) is 9.06. The molecule has 0 aliphatic rings. The first kappa shape index (κ1) is 16.3. The lowest BCUT2D eigenvalue weighted by molar-refractivity contribution is 0.392. The van der Waals surface area contributed by atoms with E-state index in [2.05, 4.69) is 26.1 Å². The van der Waals surface area contributed by atoms with Crippen LogP contribution in [0.3, 0.4) is 0 Å². The maximum atomic E-state index is 6.06. The van der Waals surface area contributed by atoms with Gasteiger partial charge in [0.15, 0.2) is 0 Å². The van der Waals surface area contributed by atoms with E-state index in [1.54, 1.807) is 7.11 Å². The Morgan fingerprint density at radius 1 is 1.32 bits per heavy atom. The molecule has 1 rings (SSSR count). The van der Waals surface area contributed by atoms with Gasteiger partial charge in [-0.3, -0.25) is 0 Å². The van der Waals surface area contributed by atoms with Crippen LogP contribution in [-0.4, -0.2) is 19.7 Å². The lowest BCUT2D eigenvalue weighted by atomic mass is 9.97. The van der Waals surface area contributed by atoms with E-state index >= 15 is 0 Å². The molecule has 1 atom stereocenters. The SMILES string of the molecule is CCNC(CCc1cc(Cl)ccc1OC)CC(C)C. The topological polar surface area (TPSA) is 21.3 Å². The van der Waals surface area contributed by atoms with Crippen molar-refractivity contribution < 1.29 is 4.74 Å². The molecule has 0 spiro atoms. The van der Waals surface area contributed by atoms with E-state index in [9.17, 15) is 0 Å². The fourth-order valence-corrected chi connectivity index (χ4v) is 2.63. The van der Waals surface area contributed by atoms with Crippen molar-refractivity contribution in [1.29, 1.82) is 0 Å². The summed E-state index contributed by atoms with van der Waals surface area (Å²) in [6.07, 6.45) is 3.31. The Balaban J connectivity index is 2.64. The second-order valence-electron chi connectivity index (χ2n) is 5.38. The molecular formula is C16H26ClNO. The molecule has 0 aliphatic carbocycles. The first-order valence-electron chi connectivity index (χ1n) is 7.12. The summed E-state index contributed by atoms with van der Waals surface area (Å²) in [7, 11) is 1.71. The molecule has 0 saturated heterocycles. The fraction of sp³-hybridized carbons (Fsp3) is 0.625. The highest BCUT2D eigenvalue weighted by Gasteiger charge is 2.11. The zero-order valence-electron chi connectivity index (χ0n) is 12.5.